The van der Waals surface area contributed by atoms with E-state index in [0.717, 1.165) is 43.6 Å². The van der Waals surface area contributed by atoms with Crippen LogP contribution in [0.3, 0.4) is 0 Å². The zero-order valence-corrected chi connectivity index (χ0v) is 18.3. The van der Waals surface area contributed by atoms with Gasteiger partial charge >= 0.3 is 0 Å². The van der Waals surface area contributed by atoms with Crippen LogP contribution in [0.25, 0.3) is 33.4 Å². The Hall–Kier alpha value is -3.65. The fourth-order valence-corrected chi connectivity index (χ4v) is 4.11. The molecule has 0 bridgehead atoms. The van der Waals surface area contributed by atoms with E-state index in [4.69, 9.17) is 4.98 Å². The third-order valence-corrected chi connectivity index (χ3v) is 6.03. The Balaban J connectivity index is 1.52. The zero-order chi connectivity index (χ0) is 21.4. The molecular weight excluding hydrogens is 406 g/mol. The van der Waals surface area contributed by atoms with E-state index in [2.05, 4.69) is 57.6 Å². The van der Waals surface area contributed by atoms with Gasteiger partial charge in [0, 0.05) is 42.0 Å². The van der Waals surface area contributed by atoms with Gasteiger partial charge in [0.2, 0.25) is 5.13 Å². The van der Waals surface area contributed by atoms with E-state index in [1.807, 2.05) is 54.5 Å². The fraction of sp³-hybridized carbons (Fsp3) is 0.174. The molecule has 0 spiro atoms. The lowest BCUT2D eigenvalue weighted by Crippen LogP contribution is -1.94. The monoisotopic (exact) mass is 427 g/mol. The Morgan fingerprint density at radius 1 is 0.968 bits per heavy atom. The highest BCUT2D eigenvalue weighted by atomic mass is 32.1. The maximum atomic E-state index is 4.76. The first-order chi connectivity index (χ1) is 15.1. The third-order valence-electron chi connectivity index (χ3n) is 4.89. The van der Waals surface area contributed by atoms with Crippen LogP contribution < -0.4 is 5.32 Å². The Labute approximate surface area is 183 Å². The number of anilines is 2. The highest BCUT2D eigenvalue weighted by Crippen LogP contribution is 2.32. The molecule has 0 saturated carbocycles. The number of nitrogens with one attached hydrogen (secondary N) is 1. The van der Waals surface area contributed by atoms with Crippen LogP contribution >= 0.6 is 11.3 Å². The van der Waals surface area contributed by atoms with Crippen LogP contribution in [0.15, 0.2) is 60.9 Å². The average Bonchev–Trinajstić information content (AvgIpc) is 3.41. The van der Waals surface area contributed by atoms with Crippen molar-refractivity contribution in [2.24, 2.45) is 7.05 Å². The van der Waals surface area contributed by atoms with Gasteiger partial charge in [-0.1, -0.05) is 55.5 Å². The first-order valence-corrected chi connectivity index (χ1v) is 10.8. The van der Waals surface area contributed by atoms with Gasteiger partial charge in [-0.3, -0.25) is 9.67 Å². The second kappa shape index (κ2) is 7.88. The minimum Gasteiger partial charge on any atom is -0.315 e. The largest absolute Gasteiger partial charge is 0.315 e. The molecule has 0 aliphatic carbocycles. The molecule has 0 aliphatic heterocycles. The second-order valence-electron chi connectivity index (χ2n) is 7.61. The molecule has 31 heavy (non-hydrogen) atoms. The summed E-state index contributed by atoms with van der Waals surface area (Å²) in [5.41, 5.74) is 5.63. The summed E-state index contributed by atoms with van der Waals surface area (Å²) in [7, 11) is 1.93. The van der Waals surface area contributed by atoms with Crippen molar-refractivity contribution < 1.29 is 0 Å². The van der Waals surface area contributed by atoms with Crippen molar-refractivity contribution in [1.29, 1.82) is 0 Å². The van der Waals surface area contributed by atoms with Crippen LogP contribution in [0, 0.1) is 0 Å². The summed E-state index contributed by atoms with van der Waals surface area (Å²) in [5, 5.41) is 18.1. The van der Waals surface area contributed by atoms with Crippen LogP contribution in [-0.4, -0.2) is 29.9 Å². The zero-order valence-electron chi connectivity index (χ0n) is 17.4. The van der Waals surface area contributed by atoms with Crippen LogP contribution in [-0.2, 0) is 7.05 Å². The third kappa shape index (κ3) is 3.89. The molecule has 0 radical (unpaired) electrons. The highest BCUT2D eigenvalue weighted by Gasteiger charge is 2.14. The van der Waals surface area contributed by atoms with E-state index in [0.29, 0.717) is 11.7 Å². The molecule has 4 aromatic heterocycles. The van der Waals surface area contributed by atoms with E-state index in [1.54, 1.807) is 11.3 Å². The van der Waals surface area contributed by atoms with Gasteiger partial charge in [-0.25, -0.2) is 4.98 Å². The molecule has 0 unspecified atom stereocenters. The molecule has 1 N–H and O–H groups in total. The van der Waals surface area contributed by atoms with Gasteiger partial charge in [0.1, 0.15) is 16.5 Å². The number of benzene rings is 1. The van der Waals surface area contributed by atoms with Gasteiger partial charge in [-0.05, 0) is 18.2 Å². The SMILES string of the molecule is CC(C)c1nnc(Nc2ccc3ncc(-c4cn(C)nc4-c4ccccc4)cc3n2)s1. The summed E-state index contributed by atoms with van der Waals surface area (Å²) >= 11 is 1.54. The Bertz CT molecular complexity index is 1360. The highest BCUT2D eigenvalue weighted by molar-refractivity contribution is 7.15. The number of nitrogens with zero attached hydrogens (tertiary/aromatic N) is 6. The summed E-state index contributed by atoms with van der Waals surface area (Å²) < 4.78 is 1.83. The summed E-state index contributed by atoms with van der Waals surface area (Å²) in [5.74, 6) is 1.06. The minimum atomic E-state index is 0.350. The van der Waals surface area contributed by atoms with E-state index in [1.165, 1.54) is 0 Å². The van der Waals surface area contributed by atoms with Gasteiger partial charge < -0.3 is 5.32 Å². The number of hydrogen-bond donors (Lipinski definition) is 1. The minimum absolute atomic E-state index is 0.350. The van der Waals surface area contributed by atoms with Gasteiger partial charge in [0.05, 0.1) is 11.0 Å². The van der Waals surface area contributed by atoms with Gasteiger partial charge in [-0.15, -0.1) is 10.2 Å². The van der Waals surface area contributed by atoms with E-state index in [-0.39, 0.29) is 0 Å². The van der Waals surface area contributed by atoms with Gasteiger partial charge in [-0.2, -0.15) is 5.10 Å². The smallest absolute Gasteiger partial charge is 0.211 e. The molecule has 5 rings (SSSR count). The summed E-state index contributed by atoms with van der Waals surface area (Å²) in [6, 6.07) is 16.1. The lowest BCUT2D eigenvalue weighted by molar-refractivity contribution is 0.771. The van der Waals surface area contributed by atoms with Crippen LogP contribution in [0.5, 0.6) is 0 Å². The lowest BCUT2D eigenvalue weighted by Gasteiger charge is -2.06. The summed E-state index contributed by atoms with van der Waals surface area (Å²) in [6.45, 7) is 4.21. The Morgan fingerprint density at radius 3 is 2.58 bits per heavy atom. The van der Waals surface area contributed by atoms with Crippen LogP contribution in [0.1, 0.15) is 24.8 Å². The molecule has 5 aromatic rings. The Morgan fingerprint density at radius 2 is 1.81 bits per heavy atom. The lowest BCUT2D eigenvalue weighted by atomic mass is 10.0. The van der Waals surface area contributed by atoms with Crippen molar-refractivity contribution in [2.75, 3.05) is 5.32 Å². The number of fused-ring (bicyclic) bond motifs is 1. The maximum Gasteiger partial charge on any atom is 0.211 e. The number of aryl methyl sites for hydroxylation is 1. The molecule has 4 heterocycles. The first-order valence-electron chi connectivity index (χ1n) is 10.0. The van der Waals surface area contributed by atoms with Crippen molar-refractivity contribution >= 4 is 33.3 Å². The van der Waals surface area contributed by atoms with Crippen molar-refractivity contribution in [1.82, 2.24) is 29.9 Å². The van der Waals surface area contributed by atoms with Crippen molar-refractivity contribution in [3.8, 4) is 22.4 Å². The van der Waals surface area contributed by atoms with Gasteiger partial charge in [0.15, 0.2) is 0 Å². The predicted molar refractivity (Wildman–Crippen MR) is 124 cm³/mol. The number of rotatable bonds is 5. The molecule has 0 saturated heterocycles. The van der Waals surface area contributed by atoms with Crippen LogP contribution in [0.4, 0.5) is 10.9 Å². The number of pyridine rings is 2. The molecule has 0 amide bonds. The molecule has 1 aromatic carbocycles. The molecular formula is C23H21N7S. The van der Waals surface area contributed by atoms with Gasteiger partial charge in [0.25, 0.3) is 0 Å². The van der Waals surface area contributed by atoms with E-state index >= 15 is 0 Å². The topological polar surface area (TPSA) is 81.4 Å². The molecule has 0 aliphatic rings. The quantitative estimate of drug-likeness (QED) is 0.404. The normalized spacial score (nSPS) is 11.4. The first kappa shape index (κ1) is 19.3. The van der Waals surface area contributed by atoms with Crippen molar-refractivity contribution in [3.63, 3.8) is 0 Å². The van der Waals surface area contributed by atoms with Crippen LogP contribution in [0.2, 0.25) is 0 Å². The molecule has 8 heteroatoms. The molecule has 7 nitrogen and oxygen atoms in total. The average molecular weight is 428 g/mol. The van der Waals surface area contributed by atoms with Crippen molar-refractivity contribution in [2.45, 2.75) is 19.8 Å². The second-order valence-corrected chi connectivity index (χ2v) is 8.62. The summed E-state index contributed by atoms with van der Waals surface area (Å²) in [6.07, 6.45) is 3.89. The fourth-order valence-electron chi connectivity index (χ4n) is 3.36. The number of hydrogen-bond acceptors (Lipinski definition) is 7. The standard InChI is InChI=1S/C23H21N7S/c1-14(2)22-27-28-23(31-22)26-20-10-9-18-19(25-20)11-16(12-24-18)17-13-30(3)29-21(17)15-7-5-4-6-8-15/h4-14H,1-3H3,(H,25,26,28). The molecule has 0 fully saturated rings. The van der Waals surface area contributed by atoms with E-state index in [9.17, 15) is 0 Å². The molecule has 0 atom stereocenters. The predicted octanol–water partition coefficient (Wildman–Crippen LogP) is 5.42. The number of aromatic nitrogens is 6. The van der Waals surface area contributed by atoms with E-state index < -0.39 is 0 Å². The molecule has 154 valence electrons. The maximum absolute atomic E-state index is 4.76. The summed E-state index contributed by atoms with van der Waals surface area (Å²) in [4.78, 5) is 9.38. The Kier molecular flexibility index (Phi) is 4.91. The van der Waals surface area contributed by atoms with Crippen molar-refractivity contribution in [3.05, 3.63) is 65.9 Å².